The van der Waals surface area contributed by atoms with Gasteiger partial charge in [0.1, 0.15) is 17.2 Å². The molecule has 7 heteroatoms. The topological polar surface area (TPSA) is 64.9 Å². The van der Waals surface area contributed by atoms with Gasteiger partial charge >= 0.3 is 0 Å². The lowest BCUT2D eigenvalue weighted by molar-refractivity contribution is 0.102. The molecule has 1 N–H and O–H groups in total. The summed E-state index contributed by atoms with van der Waals surface area (Å²) in [6.07, 6.45) is 1.24. The van der Waals surface area contributed by atoms with E-state index in [1.54, 1.807) is 25.1 Å². The Balaban J connectivity index is 1.69. The molecular weight excluding hydrogens is 301 g/mol. The van der Waals surface area contributed by atoms with Gasteiger partial charge < -0.3 is 14.8 Å². The molecule has 0 spiro atoms. The second-order valence-electron chi connectivity index (χ2n) is 5.14. The summed E-state index contributed by atoms with van der Waals surface area (Å²) < 4.78 is 25.4. The van der Waals surface area contributed by atoms with Crippen molar-refractivity contribution in [2.45, 2.75) is 6.92 Å². The fourth-order valence-electron chi connectivity index (χ4n) is 2.57. The average molecular weight is 313 g/mol. The molecule has 0 saturated heterocycles. The highest BCUT2D eigenvalue weighted by Crippen LogP contribution is 2.34. The van der Waals surface area contributed by atoms with Crippen molar-refractivity contribution in [3.05, 3.63) is 53.7 Å². The van der Waals surface area contributed by atoms with Crippen LogP contribution in [0.3, 0.4) is 0 Å². The van der Waals surface area contributed by atoms with Gasteiger partial charge in [-0.1, -0.05) is 0 Å². The van der Waals surface area contributed by atoms with Crippen LogP contribution in [0, 0.1) is 12.7 Å². The van der Waals surface area contributed by atoms with Crippen LogP contribution < -0.4 is 14.8 Å². The van der Waals surface area contributed by atoms with Crippen molar-refractivity contribution in [1.29, 1.82) is 0 Å². The number of amides is 1. The zero-order valence-electron chi connectivity index (χ0n) is 12.2. The summed E-state index contributed by atoms with van der Waals surface area (Å²) in [5.74, 6) is 0.395. The summed E-state index contributed by atoms with van der Waals surface area (Å²) in [6, 6.07) is 7.95. The van der Waals surface area contributed by atoms with Crippen molar-refractivity contribution in [2.24, 2.45) is 0 Å². The van der Waals surface area contributed by atoms with Gasteiger partial charge in [0.05, 0.1) is 5.69 Å². The van der Waals surface area contributed by atoms with Crippen LogP contribution in [0.5, 0.6) is 11.5 Å². The number of hydrogen-bond donors (Lipinski definition) is 1. The third kappa shape index (κ3) is 2.26. The van der Waals surface area contributed by atoms with Crippen molar-refractivity contribution in [2.75, 3.05) is 12.1 Å². The standard InChI is InChI=1S/C16H12FN3O3/c1-9-15(20-7-10(17)2-5-14(20)18-9)16(21)19-11-3-4-12-13(6-11)23-8-22-12/h2-7H,8H2,1H3,(H,19,21). The number of pyridine rings is 1. The smallest absolute Gasteiger partial charge is 0.274 e. The number of nitrogens with one attached hydrogen (secondary N) is 1. The fraction of sp³-hybridized carbons (Fsp3) is 0.125. The molecule has 1 aliphatic heterocycles. The summed E-state index contributed by atoms with van der Waals surface area (Å²) in [5.41, 5.74) is 1.88. The highest BCUT2D eigenvalue weighted by atomic mass is 19.1. The molecule has 23 heavy (non-hydrogen) atoms. The number of hydrogen-bond acceptors (Lipinski definition) is 4. The van der Waals surface area contributed by atoms with Gasteiger partial charge in [0.2, 0.25) is 6.79 Å². The molecule has 4 rings (SSSR count). The Hall–Kier alpha value is -3.09. The molecule has 0 atom stereocenters. The number of fused-ring (bicyclic) bond motifs is 2. The van der Waals surface area contributed by atoms with Crippen molar-refractivity contribution in [1.82, 2.24) is 9.38 Å². The normalized spacial score (nSPS) is 12.6. The minimum absolute atomic E-state index is 0.165. The zero-order chi connectivity index (χ0) is 16.0. The quantitative estimate of drug-likeness (QED) is 0.790. The maximum absolute atomic E-state index is 13.5. The lowest BCUT2D eigenvalue weighted by Crippen LogP contribution is -2.15. The summed E-state index contributed by atoms with van der Waals surface area (Å²) in [6.45, 7) is 1.87. The number of imidazole rings is 1. The van der Waals surface area contributed by atoms with Gasteiger partial charge in [-0.25, -0.2) is 9.37 Å². The van der Waals surface area contributed by atoms with Gasteiger partial charge in [0, 0.05) is 18.0 Å². The van der Waals surface area contributed by atoms with E-state index in [1.807, 2.05) is 0 Å². The van der Waals surface area contributed by atoms with Gasteiger partial charge in [-0.2, -0.15) is 0 Å². The summed E-state index contributed by atoms with van der Waals surface area (Å²) in [7, 11) is 0. The van der Waals surface area contributed by atoms with Gasteiger partial charge in [-0.05, 0) is 31.2 Å². The highest BCUT2D eigenvalue weighted by molar-refractivity contribution is 6.04. The number of anilines is 1. The zero-order valence-corrected chi connectivity index (χ0v) is 12.2. The Kier molecular flexibility index (Phi) is 2.94. The Labute approximate surface area is 130 Å². The first-order valence-corrected chi connectivity index (χ1v) is 6.97. The number of halogens is 1. The maximum atomic E-state index is 13.5. The van der Waals surface area contributed by atoms with Crippen LogP contribution in [-0.4, -0.2) is 22.1 Å². The van der Waals surface area contributed by atoms with Gasteiger partial charge in [-0.15, -0.1) is 0 Å². The molecule has 3 aromatic rings. The molecule has 116 valence electrons. The largest absolute Gasteiger partial charge is 0.454 e. The Bertz CT molecular complexity index is 936. The number of nitrogens with zero attached hydrogens (tertiary/aromatic N) is 2. The van der Waals surface area contributed by atoms with E-state index in [0.29, 0.717) is 28.5 Å². The molecule has 0 fully saturated rings. The summed E-state index contributed by atoms with van der Waals surface area (Å²) >= 11 is 0. The Morgan fingerprint density at radius 1 is 1.26 bits per heavy atom. The molecule has 0 bridgehead atoms. The molecule has 0 aliphatic carbocycles. The monoisotopic (exact) mass is 313 g/mol. The van der Waals surface area contributed by atoms with E-state index >= 15 is 0 Å². The molecule has 6 nitrogen and oxygen atoms in total. The second kappa shape index (κ2) is 4.98. The van der Waals surface area contributed by atoms with Gasteiger partial charge in [-0.3, -0.25) is 9.20 Å². The van der Waals surface area contributed by atoms with Crippen LogP contribution in [0.2, 0.25) is 0 Å². The fourth-order valence-corrected chi connectivity index (χ4v) is 2.57. The molecule has 2 aromatic heterocycles. The van der Waals surface area contributed by atoms with E-state index in [4.69, 9.17) is 9.47 Å². The van der Waals surface area contributed by atoms with Crippen molar-refractivity contribution >= 4 is 17.2 Å². The van der Waals surface area contributed by atoms with Crippen LogP contribution in [0.25, 0.3) is 5.65 Å². The lowest BCUT2D eigenvalue weighted by atomic mass is 10.2. The van der Waals surface area contributed by atoms with Crippen LogP contribution in [0.15, 0.2) is 36.5 Å². The van der Waals surface area contributed by atoms with E-state index < -0.39 is 5.82 Å². The summed E-state index contributed by atoms with van der Waals surface area (Å²) in [4.78, 5) is 16.8. The minimum Gasteiger partial charge on any atom is -0.454 e. The summed E-state index contributed by atoms with van der Waals surface area (Å²) in [5, 5.41) is 2.77. The first-order valence-electron chi connectivity index (χ1n) is 6.97. The molecule has 3 heterocycles. The predicted octanol–water partition coefficient (Wildman–Crippen LogP) is 2.76. The number of ether oxygens (including phenoxy) is 2. The van der Waals surface area contributed by atoms with E-state index in [1.165, 1.54) is 22.7 Å². The molecular formula is C16H12FN3O3. The number of aromatic nitrogens is 2. The third-order valence-electron chi connectivity index (χ3n) is 3.60. The SMILES string of the molecule is Cc1nc2ccc(F)cn2c1C(=O)Nc1ccc2c(c1)OCO2. The lowest BCUT2D eigenvalue weighted by Gasteiger charge is -2.07. The van der Waals surface area contributed by atoms with Gasteiger partial charge in [0.25, 0.3) is 5.91 Å². The van der Waals surface area contributed by atoms with E-state index in [2.05, 4.69) is 10.3 Å². The highest BCUT2D eigenvalue weighted by Gasteiger charge is 2.19. The third-order valence-corrected chi connectivity index (χ3v) is 3.60. The predicted molar refractivity (Wildman–Crippen MR) is 80.4 cm³/mol. The molecule has 1 amide bonds. The first kappa shape index (κ1) is 13.6. The van der Waals surface area contributed by atoms with E-state index in [-0.39, 0.29) is 18.4 Å². The molecule has 1 aromatic carbocycles. The number of carbonyl (C=O) groups is 1. The van der Waals surface area contributed by atoms with E-state index in [0.717, 1.165) is 0 Å². The minimum atomic E-state index is -0.438. The first-order chi connectivity index (χ1) is 11.1. The Morgan fingerprint density at radius 2 is 2.09 bits per heavy atom. The van der Waals surface area contributed by atoms with Crippen LogP contribution >= 0.6 is 0 Å². The number of carbonyl (C=O) groups excluding carboxylic acids is 1. The van der Waals surface area contributed by atoms with Crippen molar-refractivity contribution < 1.29 is 18.7 Å². The second-order valence-corrected chi connectivity index (χ2v) is 5.14. The molecule has 0 saturated carbocycles. The number of rotatable bonds is 2. The molecule has 0 unspecified atom stereocenters. The van der Waals surface area contributed by atoms with Gasteiger partial charge in [0.15, 0.2) is 11.5 Å². The number of aryl methyl sites for hydroxylation is 1. The van der Waals surface area contributed by atoms with Crippen molar-refractivity contribution in [3.63, 3.8) is 0 Å². The van der Waals surface area contributed by atoms with Crippen LogP contribution in [0.1, 0.15) is 16.2 Å². The average Bonchev–Trinajstić information content (AvgIpc) is 3.09. The van der Waals surface area contributed by atoms with Crippen LogP contribution in [-0.2, 0) is 0 Å². The molecule has 0 radical (unpaired) electrons. The maximum Gasteiger partial charge on any atom is 0.274 e. The molecule has 1 aliphatic rings. The Morgan fingerprint density at radius 3 is 2.96 bits per heavy atom. The van der Waals surface area contributed by atoms with E-state index in [9.17, 15) is 9.18 Å². The van der Waals surface area contributed by atoms with Crippen LogP contribution in [0.4, 0.5) is 10.1 Å². The van der Waals surface area contributed by atoms with Crippen molar-refractivity contribution in [3.8, 4) is 11.5 Å². The number of benzene rings is 1.